The van der Waals surface area contributed by atoms with Gasteiger partial charge in [-0.1, -0.05) is 30.3 Å². The van der Waals surface area contributed by atoms with Gasteiger partial charge >= 0.3 is 5.97 Å². The molecular weight excluding hydrogens is 400 g/mol. The number of fused-ring (bicyclic) bond motifs is 1. The molecule has 0 amide bonds. The Morgan fingerprint density at radius 2 is 2.13 bits per heavy atom. The third-order valence-corrected chi connectivity index (χ3v) is 5.87. The van der Waals surface area contributed by atoms with E-state index in [0.29, 0.717) is 42.5 Å². The van der Waals surface area contributed by atoms with Crippen molar-refractivity contribution in [2.75, 3.05) is 7.11 Å². The van der Waals surface area contributed by atoms with Crippen LogP contribution in [-0.4, -0.2) is 38.4 Å². The molecule has 0 fully saturated rings. The summed E-state index contributed by atoms with van der Waals surface area (Å²) < 4.78 is 14.9. The molecule has 7 nitrogen and oxygen atoms in total. The van der Waals surface area contributed by atoms with Crippen LogP contribution < -0.4 is 0 Å². The minimum Gasteiger partial charge on any atom is -0.468 e. The van der Waals surface area contributed by atoms with Crippen LogP contribution in [-0.2, 0) is 35.7 Å². The number of methoxy groups -OCH3 is 1. The van der Waals surface area contributed by atoms with Gasteiger partial charge in [0.15, 0.2) is 16.4 Å². The van der Waals surface area contributed by atoms with Gasteiger partial charge in [0, 0.05) is 13.1 Å². The summed E-state index contributed by atoms with van der Waals surface area (Å²) in [5, 5.41) is 4.74. The van der Waals surface area contributed by atoms with Crippen LogP contribution in [0.15, 0.2) is 53.7 Å². The van der Waals surface area contributed by atoms with E-state index in [1.54, 1.807) is 17.0 Å². The van der Waals surface area contributed by atoms with Crippen molar-refractivity contribution < 1.29 is 13.9 Å². The Balaban J connectivity index is 1.72. The summed E-state index contributed by atoms with van der Waals surface area (Å²) in [6.45, 7) is 7.29. The number of carbonyl (C=O) groups is 1. The van der Waals surface area contributed by atoms with Gasteiger partial charge in [0.1, 0.15) is 6.04 Å². The summed E-state index contributed by atoms with van der Waals surface area (Å²) in [6, 6.07) is 9.65. The van der Waals surface area contributed by atoms with Crippen molar-refractivity contribution in [1.82, 2.24) is 19.2 Å². The van der Waals surface area contributed by atoms with Gasteiger partial charge in [-0.25, -0.2) is 4.68 Å². The van der Waals surface area contributed by atoms with Gasteiger partial charge in [0.25, 0.3) is 0 Å². The molecule has 3 aromatic rings. The lowest BCUT2D eigenvalue weighted by Gasteiger charge is -2.34. The molecule has 1 atom stereocenters. The minimum absolute atomic E-state index is 0.261. The highest BCUT2D eigenvalue weighted by Gasteiger charge is 2.33. The van der Waals surface area contributed by atoms with E-state index in [9.17, 15) is 4.79 Å². The zero-order valence-corrected chi connectivity index (χ0v) is 17.9. The average molecular weight is 425 g/mol. The molecule has 8 heteroatoms. The van der Waals surface area contributed by atoms with Gasteiger partial charge in [-0.2, -0.15) is 0 Å². The first-order valence-corrected chi connectivity index (χ1v) is 10.2. The lowest BCUT2D eigenvalue weighted by molar-refractivity contribution is -0.148. The molecule has 0 aliphatic carbocycles. The zero-order chi connectivity index (χ0) is 21.3. The third kappa shape index (κ3) is 3.64. The quantitative estimate of drug-likeness (QED) is 0.341. The van der Waals surface area contributed by atoms with Gasteiger partial charge < -0.3 is 9.15 Å². The lowest BCUT2D eigenvalue weighted by Crippen LogP contribution is -2.46. The predicted molar refractivity (Wildman–Crippen MR) is 115 cm³/mol. The Hall–Kier alpha value is -2.97. The fourth-order valence-electron chi connectivity index (χ4n) is 3.86. The van der Waals surface area contributed by atoms with Crippen molar-refractivity contribution in [2.24, 2.45) is 0 Å². The van der Waals surface area contributed by atoms with Crippen LogP contribution in [0.2, 0.25) is 0 Å². The molecule has 0 N–H and O–H groups in total. The number of benzene rings is 1. The van der Waals surface area contributed by atoms with Crippen LogP contribution in [0.5, 0.6) is 0 Å². The Morgan fingerprint density at radius 3 is 2.80 bits per heavy atom. The molecule has 0 unspecified atom stereocenters. The SMILES string of the molecule is C=CCn1c(-c2occc2C)nn(CN2Cc3ccccc3C[C@@H]2C(=O)OC)c1=S. The van der Waals surface area contributed by atoms with Crippen LogP contribution >= 0.6 is 12.2 Å². The molecule has 4 rings (SSSR count). The number of esters is 1. The fourth-order valence-corrected chi connectivity index (χ4v) is 4.12. The van der Waals surface area contributed by atoms with Crippen LogP contribution in [0.1, 0.15) is 16.7 Å². The maximum absolute atomic E-state index is 12.5. The Labute approximate surface area is 180 Å². The molecule has 1 aliphatic heterocycles. The summed E-state index contributed by atoms with van der Waals surface area (Å²) in [5.74, 6) is 1.06. The molecule has 0 radical (unpaired) electrons. The summed E-state index contributed by atoms with van der Waals surface area (Å²) in [4.78, 5) is 14.6. The number of hydrogen-bond donors (Lipinski definition) is 0. The highest BCUT2D eigenvalue weighted by Crippen LogP contribution is 2.27. The maximum Gasteiger partial charge on any atom is 0.323 e. The van der Waals surface area contributed by atoms with Crippen molar-refractivity contribution in [2.45, 2.75) is 39.1 Å². The Morgan fingerprint density at radius 1 is 1.37 bits per heavy atom. The summed E-state index contributed by atoms with van der Waals surface area (Å²) in [7, 11) is 1.42. The molecule has 2 aromatic heterocycles. The number of ether oxygens (including phenoxy) is 1. The van der Waals surface area contributed by atoms with E-state index < -0.39 is 6.04 Å². The van der Waals surface area contributed by atoms with Gasteiger partial charge in [0.05, 0.1) is 20.0 Å². The first kappa shape index (κ1) is 20.3. The van der Waals surface area contributed by atoms with E-state index in [0.717, 1.165) is 11.1 Å². The number of carbonyl (C=O) groups excluding carboxylic acids is 1. The average Bonchev–Trinajstić information content (AvgIpc) is 3.31. The number of furan rings is 1. The van der Waals surface area contributed by atoms with E-state index in [1.165, 1.54) is 12.7 Å². The van der Waals surface area contributed by atoms with Crippen LogP contribution in [0, 0.1) is 11.7 Å². The molecule has 0 saturated carbocycles. The molecule has 0 bridgehead atoms. The second-order valence-corrected chi connectivity index (χ2v) is 7.70. The molecule has 0 saturated heterocycles. The normalized spacial score (nSPS) is 16.3. The second-order valence-electron chi connectivity index (χ2n) is 7.34. The predicted octanol–water partition coefficient (Wildman–Crippen LogP) is 3.73. The number of hydrogen-bond acceptors (Lipinski definition) is 6. The van der Waals surface area contributed by atoms with Crippen molar-refractivity contribution in [3.63, 3.8) is 0 Å². The summed E-state index contributed by atoms with van der Waals surface area (Å²) >= 11 is 5.71. The number of aryl methyl sites for hydroxylation is 1. The first-order valence-electron chi connectivity index (χ1n) is 9.75. The highest BCUT2D eigenvalue weighted by molar-refractivity contribution is 7.71. The molecule has 1 aromatic carbocycles. The second kappa shape index (κ2) is 8.41. The fraction of sp³-hybridized carbons (Fsp3) is 0.318. The molecule has 156 valence electrons. The highest BCUT2D eigenvalue weighted by atomic mass is 32.1. The number of nitrogens with zero attached hydrogens (tertiary/aromatic N) is 4. The molecule has 0 spiro atoms. The first-order chi connectivity index (χ1) is 14.5. The van der Waals surface area contributed by atoms with Crippen LogP contribution in [0.4, 0.5) is 0 Å². The number of allylic oxidation sites excluding steroid dienone is 1. The maximum atomic E-state index is 12.5. The summed E-state index contributed by atoms with van der Waals surface area (Å²) in [5.41, 5.74) is 3.33. The number of rotatable bonds is 6. The van der Waals surface area contributed by atoms with Crippen LogP contribution in [0.25, 0.3) is 11.6 Å². The van der Waals surface area contributed by atoms with E-state index >= 15 is 0 Å². The molecule has 30 heavy (non-hydrogen) atoms. The van der Waals surface area contributed by atoms with Gasteiger partial charge in [-0.3, -0.25) is 14.3 Å². The zero-order valence-electron chi connectivity index (χ0n) is 17.1. The van der Waals surface area contributed by atoms with Gasteiger partial charge in [0.2, 0.25) is 0 Å². The molecule has 1 aliphatic rings. The third-order valence-electron chi connectivity index (χ3n) is 5.43. The van der Waals surface area contributed by atoms with Gasteiger partial charge in [-0.15, -0.1) is 11.7 Å². The minimum atomic E-state index is -0.398. The topological polar surface area (TPSA) is 65.4 Å². The van der Waals surface area contributed by atoms with Crippen molar-refractivity contribution in [3.8, 4) is 11.6 Å². The van der Waals surface area contributed by atoms with E-state index in [-0.39, 0.29) is 5.97 Å². The monoisotopic (exact) mass is 424 g/mol. The van der Waals surface area contributed by atoms with E-state index in [1.807, 2.05) is 34.6 Å². The van der Waals surface area contributed by atoms with Gasteiger partial charge in [-0.05, 0) is 48.3 Å². The summed E-state index contributed by atoms with van der Waals surface area (Å²) in [6.07, 6.45) is 4.01. The van der Waals surface area contributed by atoms with Crippen molar-refractivity contribution in [3.05, 3.63) is 70.7 Å². The standard InChI is InChI=1S/C22H24N4O3S/c1-4-10-25-20(19-15(2)9-11-29-19)23-26(22(25)30)14-24-13-17-8-6-5-7-16(17)12-18(24)21(27)28-3/h4-9,11,18H,1,10,12-14H2,2-3H3/t18-/m1/s1. The van der Waals surface area contributed by atoms with E-state index in [4.69, 9.17) is 26.5 Å². The van der Waals surface area contributed by atoms with Crippen LogP contribution in [0.3, 0.4) is 0 Å². The Kier molecular flexibility index (Phi) is 5.69. The largest absolute Gasteiger partial charge is 0.468 e. The van der Waals surface area contributed by atoms with Crippen molar-refractivity contribution in [1.29, 1.82) is 0 Å². The molecule has 3 heterocycles. The lowest BCUT2D eigenvalue weighted by atomic mass is 9.94. The Bertz CT molecular complexity index is 1140. The van der Waals surface area contributed by atoms with Crippen molar-refractivity contribution >= 4 is 18.2 Å². The molecular formula is C22H24N4O3S. The number of aromatic nitrogens is 3. The van der Waals surface area contributed by atoms with E-state index in [2.05, 4.69) is 18.7 Å². The smallest absolute Gasteiger partial charge is 0.323 e.